The van der Waals surface area contributed by atoms with E-state index in [4.69, 9.17) is 14.3 Å². The van der Waals surface area contributed by atoms with E-state index in [1.54, 1.807) is 75.7 Å². The number of rotatable bonds is 7. The largest absolute Gasteiger partial charge is 0.493 e. The number of amides is 1. The summed E-state index contributed by atoms with van der Waals surface area (Å²) < 4.78 is 11.8. The molecule has 1 aromatic heterocycles. The summed E-state index contributed by atoms with van der Waals surface area (Å²) in [5.41, 5.74) is 2.64. The smallest absolute Gasteiger partial charge is 0.342 e. The van der Waals surface area contributed by atoms with E-state index in [1.807, 2.05) is 18.2 Å². The predicted octanol–water partition coefficient (Wildman–Crippen LogP) is 5.18. The number of nitriles is 1. The molecule has 0 fully saturated rings. The Morgan fingerprint density at radius 3 is 2.28 bits per heavy atom. The highest BCUT2D eigenvalue weighted by molar-refractivity contribution is 7.19. The maximum atomic E-state index is 13.4. The Balaban J connectivity index is 1.65. The molecule has 0 spiro atoms. The molecule has 1 unspecified atom stereocenters. The van der Waals surface area contributed by atoms with Gasteiger partial charge in [0.2, 0.25) is 0 Å². The maximum Gasteiger partial charge on any atom is 0.342 e. The Morgan fingerprint density at radius 1 is 0.972 bits per heavy atom. The molecule has 8 heteroatoms. The zero-order valence-electron chi connectivity index (χ0n) is 20.0. The fraction of sp³-hybridized carbons (Fsp3) is 0.179. The first-order valence-electron chi connectivity index (χ1n) is 11.1. The second kappa shape index (κ2) is 10.5. The Kier molecular flexibility index (Phi) is 7.23. The lowest BCUT2D eigenvalue weighted by Crippen LogP contribution is -2.41. The predicted molar refractivity (Wildman–Crippen MR) is 137 cm³/mol. The Morgan fingerprint density at radius 2 is 1.64 bits per heavy atom. The van der Waals surface area contributed by atoms with Gasteiger partial charge in [-0.2, -0.15) is 10.7 Å². The van der Waals surface area contributed by atoms with Crippen molar-refractivity contribution < 1.29 is 23.9 Å². The summed E-state index contributed by atoms with van der Waals surface area (Å²) >= 11 is 1.53. The number of thiophene rings is 1. The van der Waals surface area contributed by atoms with Gasteiger partial charge in [0, 0.05) is 27.6 Å². The van der Waals surface area contributed by atoms with Crippen molar-refractivity contribution in [2.45, 2.75) is 18.8 Å². The first kappa shape index (κ1) is 24.8. The quantitative estimate of drug-likeness (QED) is 0.351. The van der Waals surface area contributed by atoms with Gasteiger partial charge in [-0.1, -0.05) is 30.3 Å². The fourth-order valence-electron chi connectivity index (χ4n) is 3.92. The normalized spacial score (nSPS) is 12.3. The highest BCUT2D eigenvalue weighted by Crippen LogP contribution is 2.39. The monoisotopic (exact) mass is 500 g/mol. The molecular formula is C28H24N2O5S. The van der Waals surface area contributed by atoms with Crippen LogP contribution in [0, 0.1) is 11.3 Å². The van der Waals surface area contributed by atoms with Crippen LogP contribution in [0.1, 0.15) is 33.3 Å². The molecule has 36 heavy (non-hydrogen) atoms. The topological polar surface area (TPSA) is 97.6 Å². The molecular weight excluding hydrogens is 476 g/mol. The third kappa shape index (κ3) is 5.02. The van der Waals surface area contributed by atoms with Crippen LogP contribution in [0.15, 0.2) is 72.8 Å². The van der Waals surface area contributed by atoms with Gasteiger partial charge in [-0.15, -0.1) is 11.3 Å². The summed E-state index contributed by atoms with van der Waals surface area (Å²) in [6, 6.07) is 23.2. The Hall–Kier alpha value is -4.35. The van der Waals surface area contributed by atoms with Crippen molar-refractivity contribution in [2.24, 2.45) is 0 Å². The van der Waals surface area contributed by atoms with Gasteiger partial charge >= 0.3 is 5.97 Å². The van der Waals surface area contributed by atoms with Gasteiger partial charge in [0.15, 0.2) is 11.5 Å². The summed E-state index contributed by atoms with van der Waals surface area (Å²) in [6.45, 7) is 1.76. The minimum Gasteiger partial charge on any atom is -0.493 e. The van der Waals surface area contributed by atoms with Crippen molar-refractivity contribution in [3.05, 3.63) is 94.4 Å². The molecule has 1 atom stereocenters. The third-order valence-electron chi connectivity index (χ3n) is 5.98. The molecule has 1 amide bonds. The Bertz CT molecular complexity index is 1400. The molecule has 4 aromatic rings. The summed E-state index contributed by atoms with van der Waals surface area (Å²) in [4.78, 5) is 32.1. The molecule has 0 radical (unpaired) electrons. The van der Waals surface area contributed by atoms with Gasteiger partial charge in [-0.3, -0.25) is 4.79 Å². The Labute approximate surface area is 212 Å². The van der Waals surface area contributed by atoms with Crippen molar-refractivity contribution in [3.8, 4) is 17.6 Å². The minimum absolute atomic E-state index is 0.308. The van der Waals surface area contributed by atoms with Gasteiger partial charge in [0.05, 0.1) is 31.3 Å². The second-order valence-corrected chi connectivity index (χ2v) is 9.51. The van der Waals surface area contributed by atoms with E-state index in [0.29, 0.717) is 34.6 Å². The molecule has 0 saturated carbocycles. The number of hydroxylamine groups is 1. The van der Waals surface area contributed by atoms with Crippen LogP contribution >= 0.6 is 11.3 Å². The lowest BCUT2D eigenvalue weighted by molar-refractivity contribution is -0.155. The molecule has 0 aliphatic carbocycles. The van der Waals surface area contributed by atoms with Crippen molar-refractivity contribution in [1.82, 2.24) is 5.48 Å². The minimum atomic E-state index is -1.15. The lowest BCUT2D eigenvalue weighted by atomic mass is 9.79. The number of nitrogens with one attached hydrogen (secondary N) is 1. The average molecular weight is 501 g/mol. The summed E-state index contributed by atoms with van der Waals surface area (Å²) in [5, 5.41) is 10.1. The maximum absolute atomic E-state index is 13.4. The standard InChI is InChI=1S/C28H24N2O5S/c1-28(21-11-9-18(17-29)10-12-21,27(32)35-30-26(31)19-7-5-4-6-8-19)16-22-13-20-14-23(33-2)24(34-3)15-25(20)36-22/h4-15H,16H2,1-3H3,(H,30,31). The second-order valence-electron chi connectivity index (χ2n) is 8.34. The van der Waals surface area contributed by atoms with Crippen LogP contribution in [0.4, 0.5) is 0 Å². The van der Waals surface area contributed by atoms with Crippen molar-refractivity contribution in [3.63, 3.8) is 0 Å². The molecule has 0 bridgehead atoms. The van der Waals surface area contributed by atoms with E-state index in [2.05, 4.69) is 11.5 Å². The van der Waals surface area contributed by atoms with E-state index in [1.165, 1.54) is 11.3 Å². The number of nitrogens with zero attached hydrogens (tertiary/aromatic N) is 1. The van der Waals surface area contributed by atoms with Gasteiger partial charge in [0.25, 0.3) is 5.91 Å². The van der Waals surface area contributed by atoms with Crippen LogP contribution in [0.5, 0.6) is 11.5 Å². The molecule has 1 heterocycles. The first-order chi connectivity index (χ1) is 17.4. The number of benzene rings is 3. The van der Waals surface area contributed by atoms with Gasteiger partial charge in [-0.05, 0) is 54.3 Å². The number of carbonyl (C=O) groups excluding carboxylic acids is 2. The number of fused-ring (bicyclic) bond motifs is 1. The van der Waals surface area contributed by atoms with E-state index in [9.17, 15) is 14.9 Å². The van der Waals surface area contributed by atoms with Gasteiger partial charge in [0.1, 0.15) is 0 Å². The van der Waals surface area contributed by atoms with Crippen molar-refractivity contribution in [2.75, 3.05) is 14.2 Å². The van der Waals surface area contributed by atoms with Crippen LogP contribution < -0.4 is 15.0 Å². The zero-order valence-corrected chi connectivity index (χ0v) is 20.8. The molecule has 3 aromatic carbocycles. The number of carbonyl (C=O) groups is 2. The molecule has 0 aliphatic rings. The third-order valence-corrected chi connectivity index (χ3v) is 7.07. The van der Waals surface area contributed by atoms with Gasteiger partial charge in [-0.25, -0.2) is 4.79 Å². The molecule has 0 aliphatic heterocycles. The highest BCUT2D eigenvalue weighted by atomic mass is 32.1. The van der Waals surface area contributed by atoms with Crippen LogP contribution in [0.3, 0.4) is 0 Å². The highest BCUT2D eigenvalue weighted by Gasteiger charge is 2.38. The lowest BCUT2D eigenvalue weighted by Gasteiger charge is -2.27. The van der Waals surface area contributed by atoms with Crippen LogP contribution in [-0.4, -0.2) is 26.1 Å². The summed E-state index contributed by atoms with van der Waals surface area (Å²) in [5.74, 6) is 0.0970. The number of methoxy groups -OCH3 is 2. The number of ether oxygens (including phenoxy) is 2. The van der Waals surface area contributed by atoms with Crippen molar-refractivity contribution >= 4 is 33.3 Å². The zero-order chi connectivity index (χ0) is 25.7. The average Bonchev–Trinajstić information content (AvgIpc) is 3.31. The van der Waals surface area contributed by atoms with Crippen LogP contribution in [-0.2, 0) is 21.5 Å². The SMILES string of the molecule is COc1cc2cc(CC(C)(C(=O)ONC(=O)c3ccccc3)c3ccc(C#N)cc3)sc2cc1OC. The molecule has 1 N–H and O–H groups in total. The molecule has 0 saturated heterocycles. The number of hydrogen-bond acceptors (Lipinski definition) is 7. The molecule has 4 rings (SSSR count). The van der Waals surface area contributed by atoms with Crippen molar-refractivity contribution in [1.29, 1.82) is 5.26 Å². The summed E-state index contributed by atoms with van der Waals surface area (Å²) in [6.07, 6.45) is 0.308. The van der Waals surface area contributed by atoms with E-state index < -0.39 is 17.3 Å². The van der Waals surface area contributed by atoms with Crippen LogP contribution in [0.2, 0.25) is 0 Å². The molecule has 182 valence electrons. The number of hydrogen-bond donors (Lipinski definition) is 1. The van der Waals surface area contributed by atoms with Crippen LogP contribution in [0.25, 0.3) is 10.1 Å². The fourth-order valence-corrected chi connectivity index (χ4v) is 5.15. The van der Waals surface area contributed by atoms with E-state index in [-0.39, 0.29) is 0 Å². The molecule has 7 nitrogen and oxygen atoms in total. The first-order valence-corrected chi connectivity index (χ1v) is 11.9. The van der Waals surface area contributed by atoms with E-state index >= 15 is 0 Å². The van der Waals surface area contributed by atoms with Gasteiger partial charge < -0.3 is 14.3 Å². The van der Waals surface area contributed by atoms with E-state index in [0.717, 1.165) is 15.0 Å². The summed E-state index contributed by atoms with van der Waals surface area (Å²) in [7, 11) is 3.17.